The fourth-order valence-electron chi connectivity index (χ4n) is 2.81. The van der Waals surface area contributed by atoms with Crippen molar-refractivity contribution < 1.29 is 17.9 Å². The predicted molar refractivity (Wildman–Crippen MR) is 119 cm³/mol. The zero-order valence-electron chi connectivity index (χ0n) is 15.8. The molecular formula is C21H21BrN2O4S. The number of ether oxygens (including phenoxy) is 1. The van der Waals surface area contributed by atoms with Gasteiger partial charge in [0.25, 0.3) is 0 Å². The summed E-state index contributed by atoms with van der Waals surface area (Å²) in [6.45, 7) is 0.251. The van der Waals surface area contributed by atoms with E-state index in [0.29, 0.717) is 11.4 Å². The second-order valence-corrected chi connectivity index (χ2v) is 9.28. The predicted octanol–water partition coefficient (Wildman–Crippen LogP) is 3.56. The Bertz CT molecular complexity index is 1100. The summed E-state index contributed by atoms with van der Waals surface area (Å²) in [4.78, 5) is 12.2. The molecule has 0 aliphatic carbocycles. The molecule has 0 aliphatic rings. The van der Waals surface area contributed by atoms with E-state index < -0.39 is 15.9 Å². The lowest BCUT2D eigenvalue weighted by molar-refractivity contribution is -0.119. The zero-order valence-corrected chi connectivity index (χ0v) is 18.2. The summed E-state index contributed by atoms with van der Waals surface area (Å²) in [6, 6.07) is 20.5. The van der Waals surface area contributed by atoms with Crippen LogP contribution in [-0.4, -0.2) is 40.3 Å². The molecule has 0 fully saturated rings. The monoisotopic (exact) mass is 476 g/mol. The summed E-state index contributed by atoms with van der Waals surface area (Å²) in [5.74, 6) is 0.311. The van der Waals surface area contributed by atoms with E-state index in [2.05, 4.69) is 21.2 Å². The number of sulfonamides is 1. The number of nitrogens with one attached hydrogen (secondary N) is 1. The normalized spacial score (nSPS) is 11.2. The second kappa shape index (κ2) is 9.28. The van der Waals surface area contributed by atoms with E-state index in [0.717, 1.165) is 25.8 Å². The topological polar surface area (TPSA) is 75.7 Å². The molecule has 1 amide bonds. The van der Waals surface area contributed by atoms with Gasteiger partial charge in [-0.3, -0.25) is 9.10 Å². The highest BCUT2D eigenvalue weighted by atomic mass is 79.9. The number of carbonyl (C=O) groups is 1. The molecule has 152 valence electrons. The minimum absolute atomic E-state index is 0.267. The van der Waals surface area contributed by atoms with Gasteiger partial charge in [0.05, 0.1) is 18.5 Å². The van der Waals surface area contributed by atoms with Gasteiger partial charge in [-0.15, -0.1) is 0 Å². The van der Waals surface area contributed by atoms with E-state index in [1.807, 2.05) is 42.5 Å². The summed E-state index contributed by atoms with van der Waals surface area (Å²) in [7, 11) is -3.59. The molecule has 8 heteroatoms. The fraction of sp³-hybridized carbons (Fsp3) is 0.190. The number of nitrogens with zero attached hydrogens (tertiary/aromatic N) is 1. The summed E-state index contributed by atoms with van der Waals surface area (Å²) in [5, 5.41) is 4.90. The van der Waals surface area contributed by atoms with Gasteiger partial charge in [-0.25, -0.2) is 8.42 Å². The first-order valence-corrected chi connectivity index (χ1v) is 11.6. The van der Waals surface area contributed by atoms with Crippen molar-refractivity contribution in [2.75, 3.05) is 30.3 Å². The molecule has 3 aromatic rings. The lowest BCUT2D eigenvalue weighted by Gasteiger charge is -2.22. The number of hydrogen-bond donors (Lipinski definition) is 1. The van der Waals surface area contributed by atoms with Crippen LogP contribution in [0.1, 0.15) is 0 Å². The zero-order chi connectivity index (χ0) is 20.9. The molecule has 0 aromatic heterocycles. The van der Waals surface area contributed by atoms with Crippen LogP contribution in [0.5, 0.6) is 5.75 Å². The maximum atomic E-state index is 12.2. The maximum absolute atomic E-state index is 12.2. The quantitative estimate of drug-likeness (QED) is 0.504. The van der Waals surface area contributed by atoms with Gasteiger partial charge in [0.2, 0.25) is 15.9 Å². The van der Waals surface area contributed by atoms with E-state index in [1.54, 1.807) is 24.3 Å². The third-order valence-electron chi connectivity index (χ3n) is 4.22. The molecule has 0 atom stereocenters. The van der Waals surface area contributed by atoms with Gasteiger partial charge in [-0.2, -0.15) is 0 Å². The largest absolute Gasteiger partial charge is 0.492 e. The highest BCUT2D eigenvalue weighted by molar-refractivity contribution is 9.10. The number of rotatable bonds is 8. The van der Waals surface area contributed by atoms with Crippen molar-refractivity contribution in [1.29, 1.82) is 0 Å². The Morgan fingerprint density at radius 1 is 1.03 bits per heavy atom. The van der Waals surface area contributed by atoms with E-state index in [4.69, 9.17) is 4.74 Å². The molecule has 0 spiro atoms. The van der Waals surface area contributed by atoms with Gasteiger partial charge < -0.3 is 10.1 Å². The van der Waals surface area contributed by atoms with Gasteiger partial charge in [-0.05, 0) is 47.2 Å². The van der Waals surface area contributed by atoms with Crippen molar-refractivity contribution in [3.05, 3.63) is 71.2 Å². The molecule has 6 nitrogen and oxygen atoms in total. The average Bonchev–Trinajstić information content (AvgIpc) is 2.69. The van der Waals surface area contributed by atoms with E-state index >= 15 is 0 Å². The summed E-state index contributed by atoms with van der Waals surface area (Å²) in [6.07, 6.45) is 1.07. The molecule has 1 N–H and O–H groups in total. The second-order valence-electron chi connectivity index (χ2n) is 6.45. The van der Waals surface area contributed by atoms with Crippen LogP contribution in [0.4, 0.5) is 5.69 Å². The Hall–Kier alpha value is -2.58. The summed E-state index contributed by atoms with van der Waals surface area (Å²) >= 11 is 3.31. The minimum atomic E-state index is -3.59. The van der Waals surface area contributed by atoms with Crippen LogP contribution in [0.25, 0.3) is 10.8 Å². The van der Waals surface area contributed by atoms with Crippen LogP contribution in [-0.2, 0) is 14.8 Å². The van der Waals surface area contributed by atoms with Gasteiger partial charge in [0.1, 0.15) is 18.9 Å². The third kappa shape index (κ3) is 5.95. The number of hydrogen-bond acceptors (Lipinski definition) is 4. The number of halogens is 1. The first kappa shape index (κ1) is 21.1. The molecule has 0 aliphatic heterocycles. The molecule has 3 rings (SSSR count). The third-order valence-corrected chi connectivity index (χ3v) is 5.89. The van der Waals surface area contributed by atoms with E-state index in [1.165, 1.54) is 0 Å². The Morgan fingerprint density at radius 2 is 1.72 bits per heavy atom. The Kier molecular flexibility index (Phi) is 6.76. The molecule has 0 unspecified atom stereocenters. The Labute approximate surface area is 178 Å². The van der Waals surface area contributed by atoms with Crippen molar-refractivity contribution in [2.24, 2.45) is 0 Å². The fourth-order valence-corrected chi connectivity index (χ4v) is 3.93. The number of anilines is 1. The van der Waals surface area contributed by atoms with E-state index in [9.17, 15) is 13.2 Å². The van der Waals surface area contributed by atoms with Gasteiger partial charge in [-0.1, -0.05) is 46.3 Å². The van der Waals surface area contributed by atoms with Crippen LogP contribution >= 0.6 is 15.9 Å². The number of amides is 1. The van der Waals surface area contributed by atoms with Crippen molar-refractivity contribution in [3.63, 3.8) is 0 Å². The Morgan fingerprint density at radius 3 is 2.41 bits per heavy atom. The van der Waals surface area contributed by atoms with Crippen LogP contribution in [0.15, 0.2) is 71.2 Å². The van der Waals surface area contributed by atoms with E-state index in [-0.39, 0.29) is 19.7 Å². The van der Waals surface area contributed by atoms with Gasteiger partial charge >= 0.3 is 0 Å². The molecule has 0 bridgehead atoms. The van der Waals surface area contributed by atoms with Crippen LogP contribution in [0, 0.1) is 0 Å². The highest BCUT2D eigenvalue weighted by Gasteiger charge is 2.20. The molecule has 0 heterocycles. The standard InChI is InChI=1S/C21H21BrN2O4S/c1-29(26,27)24(19-9-7-18(22)8-10-19)15-21(25)23-12-13-28-20-11-6-16-4-2-3-5-17(16)14-20/h2-11,14H,12-13,15H2,1H3,(H,23,25). The Balaban J connectivity index is 1.53. The summed E-state index contributed by atoms with van der Waals surface area (Å²) < 4.78 is 31.7. The molecule has 0 saturated carbocycles. The SMILES string of the molecule is CS(=O)(=O)N(CC(=O)NCCOc1ccc2ccccc2c1)c1ccc(Br)cc1. The number of fused-ring (bicyclic) bond motifs is 1. The van der Waals surface area contributed by atoms with Crippen molar-refractivity contribution in [2.45, 2.75) is 0 Å². The average molecular weight is 477 g/mol. The number of benzene rings is 3. The van der Waals surface area contributed by atoms with Crippen molar-refractivity contribution in [1.82, 2.24) is 5.32 Å². The molecule has 0 saturated heterocycles. The molecule has 0 radical (unpaired) electrons. The molecule has 3 aromatic carbocycles. The lowest BCUT2D eigenvalue weighted by atomic mass is 10.1. The van der Waals surface area contributed by atoms with Crippen LogP contribution < -0.4 is 14.4 Å². The van der Waals surface area contributed by atoms with Gasteiger partial charge in [0.15, 0.2) is 0 Å². The first-order valence-electron chi connectivity index (χ1n) is 8.94. The highest BCUT2D eigenvalue weighted by Crippen LogP contribution is 2.21. The first-order chi connectivity index (χ1) is 13.8. The maximum Gasteiger partial charge on any atom is 0.240 e. The minimum Gasteiger partial charge on any atom is -0.492 e. The lowest BCUT2D eigenvalue weighted by Crippen LogP contribution is -2.41. The molecule has 29 heavy (non-hydrogen) atoms. The van der Waals surface area contributed by atoms with Gasteiger partial charge in [0, 0.05) is 4.47 Å². The van der Waals surface area contributed by atoms with Crippen molar-refractivity contribution in [3.8, 4) is 5.75 Å². The van der Waals surface area contributed by atoms with Crippen molar-refractivity contribution >= 4 is 48.3 Å². The number of carbonyl (C=O) groups excluding carboxylic acids is 1. The van der Waals surface area contributed by atoms with Crippen LogP contribution in [0.2, 0.25) is 0 Å². The summed E-state index contributed by atoms with van der Waals surface area (Å²) in [5.41, 5.74) is 0.429. The smallest absolute Gasteiger partial charge is 0.240 e. The van der Waals surface area contributed by atoms with Crippen LogP contribution in [0.3, 0.4) is 0 Å². The molecular weight excluding hydrogens is 456 g/mol.